The molecule has 0 saturated heterocycles. The number of rotatable bonds is 15. The Labute approximate surface area is 145 Å². The predicted octanol–water partition coefficient (Wildman–Crippen LogP) is 6.91. The molecule has 0 amide bonds. The van der Waals surface area contributed by atoms with E-state index in [1.807, 2.05) is 6.92 Å². The molecule has 0 N–H and O–H groups in total. The number of hydrogen-bond acceptors (Lipinski definition) is 2. The van der Waals surface area contributed by atoms with Gasteiger partial charge in [0.15, 0.2) is 0 Å². The molecule has 2 heteroatoms. The molecule has 0 rings (SSSR count). The smallest absolute Gasteiger partial charge is 0.309 e. The van der Waals surface area contributed by atoms with Crippen LogP contribution in [0.3, 0.4) is 0 Å². The molecule has 1 unspecified atom stereocenters. The van der Waals surface area contributed by atoms with Crippen LogP contribution in [0.15, 0.2) is 0 Å². The van der Waals surface area contributed by atoms with Crippen LogP contribution in [-0.4, -0.2) is 12.1 Å². The van der Waals surface area contributed by atoms with E-state index in [-0.39, 0.29) is 18.0 Å². The molecule has 0 bridgehead atoms. The first kappa shape index (κ1) is 22.5. The number of ether oxygens (including phenoxy) is 1. The van der Waals surface area contributed by atoms with Gasteiger partial charge in [-0.3, -0.25) is 4.79 Å². The van der Waals surface area contributed by atoms with Gasteiger partial charge in [-0.25, -0.2) is 0 Å². The van der Waals surface area contributed by atoms with Gasteiger partial charge in [0.1, 0.15) is 6.10 Å². The van der Waals surface area contributed by atoms with Crippen molar-refractivity contribution in [3.8, 4) is 0 Å². The Bertz CT molecular complexity index is 259. The van der Waals surface area contributed by atoms with Crippen LogP contribution < -0.4 is 0 Å². The van der Waals surface area contributed by atoms with Gasteiger partial charge in [-0.2, -0.15) is 0 Å². The second-order valence-corrected chi connectivity index (χ2v) is 7.49. The van der Waals surface area contributed by atoms with Crippen LogP contribution in [0.1, 0.15) is 112 Å². The third kappa shape index (κ3) is 12.5. The van der Waals surface area contributed by atoms with E-state index in [0.717, 1.165) is 12.8 Å². The summed E-state index contributed by atoms with van der Waals surface area (Å²) in [5, 5.41) is 0. The molecule has 0 aliphatic rings. The monoisotopic (exact) mass is 326 g/mol. The highest BCUT2D eigenvalue weighted by atomic mass is 16.5. The summed E-state index contributed by atoms with van der Waals surface area (Å²) in [6, 6.07) is 0. The van der Waals surface area contributed by atoms with Crippen molar-refractivity contribution >= 4 is 5.97 Å². The first-order chi connectivity index (χ1) is 11.0. The Kier molecular flexibility index (Phi) is 14.7. The summed E-state index contributed by atoms with van der Waals surface area (Å²) in [4.78, 5) is 12.5. The average molecular weight is 327 g/mol. The SMILES string of the molecule is CCCCCCCC(CCCCCCC)C(=O)OC(C)C(C)C. The average Bonchev–Trinajstić information content (AvgIpc) is 2.52. The minimum atomic E-state index is 0.0326. The Balaban J connectivity index is 4.21. The van der Waals surface area contributed by atoms with Crippen molar-refractivity contribution in [2.75, 3.05) is 0 Å². The molecule has 0 aliphatic heterocycles. The lowest BCUT2D eigenvalue weighted by Crippen LogP contribution is -2.26. The summed E-state index contributed by atoms with van der Waals surface area (Å²) in [5.41, 5.74) is 0. The number of carbonyl (C=O) groups is 1. The van der Waals surface area contributed by atoms with Crippen molar-refractivity contribution in [2.24, 2.45) is 11.8 Å². The Hall–Kier alpha value is -0.530. The molecule has 0 radical (unpaired) electrons. The zero-order valence-electron chi connectivity index (χ0n) is 16.5. The molecule has 0 aliphatic carbocycles. The summed E-state index contributed by atoms with van der Waals surface area (Å²) in [7, 11) is 0. The van der Waals surface area contributed by atoms with E-state index in [4.69, 9.17) is 4.74 Å². The van der Waals surface area contributed by atoms with Crippen molar-refractivity contribution in [3.05, 3.63) is 0 Å². The molecule has 0 aromatic carbocycles. The third-order valence-corrected chi connectivity index (χ3v) is 4.89. The van der Waals surface area contributed by atoms with Crippen molar-refractivity contribution < 1.29 is 9.53 Å². The molecular formula is C21H42O2. The van der Waals surface area contributed by atoms with Gasteiger partial charge in [-0.15, -0.1) is 0 Å². The van der Waals surface area contributed by atoms with E-state index in [0.29, 0.717) is 5.92 Å². The fourth-order valence-electron chi connectivity index (χ4n) is 2.78. The van der Waals surface area contributed by atoms with Gasteiger partial charge in [0.2, 0.25) is 0 Å². The quantitative estimate of drug-likeness (QED) is 0.241. The lowest BCUT2D eigenvalue weighted by molar-refractivity contribution is -0.155. The highest BCUT2D eigenvalue weighted by Gasteiger charge is 2.22. The van der Waals surface area contributed by atoms with Gasteiger partial charge >= 0.3 is 5.97 Å². The summed E-state index contributed by atoms with van der Waals surface area (Å²) in [5.74, 6) is 0.574. The van der Waals surface area contributed by atoms with Gasteiger partial charge in [0, 0.05) is 0 Å². The number of unbranched alkanes of at least 4 members (excludes halogenated alkanes) is 8. The molecule has 23 heavy (non-hydrogen) atoms. The normalized spacial score (nSPS) is 12.8. The fraction of sp³-hybridized carbons (Fsp3) is 0.952. The van der Waals surface area contributed by atoms with Crippen LogP contribution in [0.5, 0.6) is 0 Å². The lowest BCUT2D eigenvalue weighted by Gasteiger charge is -2.21. The number of esters is 1. The largest absolute Gasteiger partial charge is 0.462 e. The van der Waals surface area contributed by atoms with Gasteiger partial charge in [-0.1, -0.05) is 91.9 Å². The number of carbonyl (C=O) groups excluding carboxylic acids is 1. The van der Waals surface area contributed by atoms with Crippen LogP contribution in [0.4, 0.5) is 0 Å². The molecule has 0 heterocycles. The van der Waals surface area contributed by atoms with Crippen LogP contribution in [0.25, 0.3) is 0 Å². The summed E-state index contributed by atoms with van der Waals surface area (Å²) in [6.45, 7) is 10.7. The summed E-state index contributed by atoms with van der Waals surface area (Å²) in [6.07, 6.45) is 14.7. The minimum absolute atomic E-state index is 0.0326. The Morgan fingerprint density at radius 3 is 1.57 bits per heavy atom. The second-order valence-electron chi connectivity index (χ2n) is 7.49. The standard InChI is InChI=1S/C21H42O2/c1-6-8-10-12-14-16-20(17-15-13-11-9-7-2)21(22)23-19(5)18(3)4/h18-20H,6-17H2,1-5H3. The summed E-state index contributed by atoms with van der Waals surface area (Å²) >= 11 is 0. The molecule has 0 fully saturated rings. The van der Waals surface area contributed by atoms with Crippen LogP contribution in [0.2, 0.25) is 0 Å². The van der Waals surface area contributed by atoms with E-state index in [2.05, 4.69) is 27.7 Å². The third-order valence-electron chi connectivity index (χ3n) is 4.89. The topological polar surface area (TPSA) is 26.3 Å². The van der Waals surface area contributed by atoms with Crippen LogP contribution >= 0.6 is 0 Å². The van der Waals surface area contributed by atoms with Crippen LogP contribution in [0, 0.1) is 11.8 Å². The van der Waals surface area contributed by atoms with Crippen LogP contribution in [-0.2, 0) is 9.53 Å². The molecule has 2 nitrogen and oxygen atoms in total. The lowest BCUT2D eigenvalue weighted by atomic mass is 9.94. The highest BCUT2D eigenvalue weighted by Crippen LogP contribution is 2.22. The maximum absolute atomic E-state index is 12.5. The van der Waals surface area contributed by atoms with E-state index in [1.165, 1.54) is 64.2 Å². The molecule has 0 aromatic rings. The van der Waals surface area contributed by atoms with Gasteiger partial charge in [0.05, 0.1) is 5.92 Å². The van der Waals surface area contributed by atoms with Gasteiger partial charge < -0.3 is 4.74 Å². The highest BCUT2D eigenvalue weighted by molar-refractivity contribution is 5.72. The fourth-order valence-corrected chi connectivity index (χ4v) is 2.78. The molecule has 0 spiro atoms. The summed E-state index contributed by atoms with van der Waals surface area (Å²) < 4.78 is 5.69. The first-order valence-electron chi connectivity index (χ1n) is 10.2. The molecule has 0 saturated carbocycles. The van der Waals surface area contributed by atoms with E-state index in [1.54, 1.807) is 0 Å². The van der Waals surface area contributed by atoms with E-state index < -0.39 is 0 Å². The molecular weight excluding hydrogens is 284 g/mol. The Morgan fingerprint density at radius 2 is 1.17 bits per heavy atom. The van der Waals surface area contributed by atoms with Crippen molar-refractivity contribution in [1.82, 2.24) is 0 Å². The first-order valence-corrected chi connectivity index (χ1v) is 10.2. The Morgan fingerprint density at radius 1 is 0.739 bits per heavy atom. The molecule has 138 valence electrons. The maximum Gasteiger partial charge on any atom is 0.309 e. The zero-order chi connectivity index (χ0) is 17.5. The second kappa shape index (κ2) is 15.0. The minimum Gasteiger partial charge on any atom is -0.462 e. The van der Waals surface area contributed by atoms with Crippen molar-refractivity contribution in [2.45, 2.75) is 118 Å². The maximum atomic E-state index is 12.5. The van der Waals surface area contributed by atoms with E-state index in [9.17, 15) is 4.79 Å². The predicted molar refractivity (Wildman–Crippen MR) is 101 cm³/mol. The van der Waals surface area contributed by atoms with Gasteiger partial charge in [-0.05, 0) is 25.7 Å². The van der Waals surface area contributed by atoms with E-state index >= 15 is 0 Å². The van der Waals surface area contributed by atoms with Gasteiger partial charge in [0.25, 0.3) is 0 Å². The van der Waals surface area contributed by atoms with Crippen molar-refractivity contribution in [3.63, 3.8) is 0 Å². The number of hydrogen-bond donors (Lipinski definition) is 0. The molecule has 1 atom stereocenters. The molecule has 0 aromatic heterocycles. The van der Waals surface area contributed by atoms with Crippen molar-refractivity contribution in [1.29, 1.82) is 0 Å². The zero-order valence-corrected chi connectivity index (χ0v) is 16.5.